The molecule has 1 atom stereocenters. The van der Waals surface area contributed by atoms with Crippen LogP contribution in [0.1, 0.15) is 26.2 Å². The van der Waals surface area contributed by atoms with Crippen molar-refractivity contribution in [3.63, 3.8) is 0 Å². The third-order valence-corrected chi connectivity index (χ3v) is 2.09. The lowest BCUT2D eigenvalue weighted by molar-refractivity contribution is -0.142. The van der Waals surface area contributed by atoms with Crippen LogP contribution in [-0.2, 0) is 14.4 Å². The molecule has 0 aromatic heterocycles. The van der Waals surface area contributed by atoms with Gasteiger partial charge < -0.3 is 21.5 Å². The molecule has 0 spiro atoms. The molecule has 0 aliphatic carbocycles. The second kappa shape index (κ2) is 8.51. The fraction of sp³-hybridized carbons (Fsp3) is 0.700. The molecule has 0 aromatic rings. The number of amides is 2. The smallest absolute Gasteiger partial charge is 0.326 e. The Bertz CT molecular complexity index is 281. The first-order valence-electron chi connectivity index (χ1n) is 5.48. The van der Waals surface area contributed by atoms with Crippen LogP contribution in [0, 0.1) is 0 Å². The maximum atomic E-state index is 11.3. The molecule has 2 amide bonds. The molecule has 0 fully saturated rings. The number of hydrogen-bond acceptors (Lipinski definition) is 4. The molecule has 0 heterocycles. The molecular weight excluding hydrogens is 226 g/mol. The number of hydrogen-bond donors (Lipinski definition) is 4. The standard InChI is InChI=1S/C10H19N3O4/c1-2-12-6-5-9(15)13-7(10(16)17)3-4-8(11)14/h7,12H,2-6H2,1H3,(H2,11,14)(H,13,15)(H,16,17)/t7-/m0/s1. The highest BCUT2D eigenvalue weighted by atomic mass is 16.4. The van der Waals surface area contributed by atoms with E-state index in [0.29, 0.717) is 6.54 Å². The molecule has 0 aromatic carbocycles. The Morgan fingerprint density at radius 1 is 1.29 bits per heavy atom. The van der Waals surface area contributed by atoms with E-state index in [0.717, 1.165) is 6.54 Å². The highest BCUT2D eigenvalue weighted by molar-refractivity contribution is 5.84. The summed E-state index contributed by atoms with van der Waals surface area (Å²) in [5.41, 5.74) is 4.92. The molecule has 5 N–H and O–H groups in total. The highest BCUT2D eigenvalue weighted by Crippen LogP contribution is 1.98. The summed E-state index contributed by atoms with van der Waals surface area (Å²) in [7, 11) is 0. The lowest BCUT2D eigenvalue weighted by atomic mass is 10.1. The van der Waals surface area contributed by atoms with Crippen molar-refractivity contribution in [2.24, 2.45) is 5.73 Å². The third-order valence-electron chi connectivity index (χ3n) is 2.09. The summed E-state index contributed by atoms with van der Waals surface area (Å²) in [4.78, 5) is 32.7. The summed E-state index contributed by atoms with van der Waals surface area (Å²) >= 11 is 0. The minimum Gasteiger partial charge on any atom is -0.480 e. The van der Waals surface area contributed by atoms with Crippen molar-refractivity contribution in [1.29, 1.82) is 0 Å². The number of carbonyl (C=O) groups excluding carboxylic acids is 2. The maximum Gasteiger partial charge on any atom is 0.326 e. The Balaban J connectivity index is 4.02. The van der Waals surface area contributed by atoms with Crippen molar-refractivity contribution < 1.29 is 19.5 Å². The number of carboxylic acid groups (broad SMARTS) is 1. The van der Waals surface area contributed by atoms with E-state index in [1.807, 2.05) is 6.92 Å². The van der Waals surface area contributed by atoms with Crippen molar-refractivity contribution in [2.45, 2.75) is 32.2 Å². The second-order valence-electron chi connectivity index (χ2n) is 3.57. The Hall–Kier alpha value is -1.63. The highest BCUT2D eigenvalue weighted by Gasteiger charge is 2.19. The SMILES string of the molecule is CCNCCC(=O)N[C@@H](CCC(N)=O)C(=O)O. The molecule has 7 heteroatoms. The molecule has 0 saturated heterocycles. The lowest BCUT2D eigenvalue weighted by Gasteiger charge is -2.13. The van der Waals surface area contributed by atoms with Gasteiger partial charge in [-0.3, -0.25) is 9.59 Å². The van der Waals surface area contributed by atoms with Crippen LogP contribution in [0.5, 0.6) is 0 Å². The second-order valence-corrected chi connectivity index (χ2v) is 3.57. The summed E-state index contributed by atoms with van der Waals surface area (Å²) in [6, 6.07) is -1.06. The van der Waals surface area contributed by atoms with Gasteiger partial charge in [-0.05, 0) is 13.0 Å². The van der Waals surface area contributed by atoms with Gasteiger partial charge in [0, 0.05) is 19.4 Å². The van der Waals surface area contributed by atoms with Crippen LogP contribution in [0.25, 0.3) is 0 Å². The number of primary amides is 1. The van der Waals surface area contributed by atoms with Crippen molar-refractivity contribution in [2.75, 3.05) is 13.1 Å². The van der Waals surface area contributed by atoms with Gasteiger partial charge in [0.05, 0.1) is 0 Å². The van der Waals surface area contributed by atoms with Gasteiger partial charge in [-0.15, -0.1) is 0 Å². The van der Waals surface area contributed by atoms with Crippen LogP contribution < -0.4 is 16.4 Å². The van der Waals surface area contributed by atoms with Crippen LogP contribution in [-0.4, -0.2) is 42.0 Å². The molecule has 0 unspecified atom stereocenters. The Labute approximate surface area is 99.7 Å². The van der Waals surface area contributed by atoms with Gasteiger partial charge in [0.2, 0.25) is 11.8 Å². The topological polar surface area (TPSA) is 122 Å². The summed E-state index contributed by atoms with van der Waals surface area (Å²) in [6.45, 7) is 3.15. The van der Waals surface area contributed by atoms with E-state index in [-0.39, 0.29) is 25.2 Å². The average Bonchev–Trinajstić information content (AvgIpc) is 2.23. The molecule has 0 radical (unpaired) electrons. The van der Waals surface area contributed by atoms with Crippen molar-refractivity contribution >= 4 is 17.8 Å². The molecule has 0 saturated carbocycles. The van der Waals surface area contributed by atoms with E-state index in [9.17, 15) is 14.4 Å². The molecule has 98 valence electrons. The predicted octanol–water partition coefficient (Wildman–Crippen LogP) is -1.18. The fourth-order valence-corrected chi connectivity index (χ4v) is 1.19. The molecule has 0 aliphatic heterocycles. The Morgan fingerprint density at radius 2 is 1.94 bits per heavy atom. The number of nitrogens with two attached hydrogens (primary N) is 1. The lowest BCUT2D eigenvalue weighted by Crippen LogP contribution is -2.42. The Morgan fingerprint density at radius 3 is 2.41 bits per heavy atom. The van der Waals surface area contributed by atoms with Gasteiger partial charge in [0.15, 0.2) is 0 Å². The zero-order chi connectivity index (χ0) is 13.3. The van der Waals surface area contributed by atoms with Gasteiger partial charge in [0.25, 0.3) is 0 Å². The third kappa shape index (κ3) is 8.21. The van der Waals surface area contributed by atoms with Crippen molar-refractivity contribution in [1.82, 2.24) is 10.6 Å². The molecule has 7 nitrogen and oxygen atoms in total. The van der Waals surface area contributed by atoms with E-state index >= 15 is 0 Å². The minimum atomic E-state index is -1.16. The number of carboxylic acids is 1. The molecule has 17 heavy (non-hydrogen) atoms. The van der Waals surface area contributed by atoms with Crippen molar-refractivity contribution in [3.8, 4) is 0 Å². The van der Waals surface area contributed by atoms with E-state index in [4.69, 9.17) is 10.8 Å². The number of rotatable bonds is 9. The monoisotopic (exact) mass is 245 g/mol. The van der Waals surface area contributed by atoms with E-state index in [1.165, 1.54) is 0 Å². The first-order valence-corrected chi connectivity index (χ1v) is 5.48. The van der Waals surface area contributed by atoms with Crippen LogP contribution in [0.2, 0.25) is 0 Å². The van der Waals surface area contributed by atoms with Gasteiger partial charge in [-0.1, -0.05) is 6.92 Å². The number of carbonyl (C=O) groups is 3. The predicted molar refractivity (Wildman–Crippen MR) is 61.2 cm³/mol. The largest absolute Gasteiger partial charge is 0.480 e. The quantitative estimate of drug-likeness (QED) is 0.381. The summed E-state index contributed by atoms with van der Waals surface area (Å²) < 4.78 is 0. The van der Waals surface area contributed by atoms with E-state index in [1.54, 1.807) is 0 Å². The van der Waals surface area contributed by atoms with Gasteiger partial charge >= 0.3 is 5.97 Å². The number of aliphatic carboxylic acids is 1. The molecule has 0 rings (SSSR count). The Kier molecular flexibility index (Phi) is 7.70. The van der Waals surface area contributed by atoms with Crippen LogP contribution in [0.3, 0.4) is 0 Å². The van der Waals surface area contributed by atoms with E-state index in [2.05, 4.69) is 10.6 Å². The van der Waals surface area contributed by atoms with Crippen LogP contribution >= 0.6 is 0 Å². The first kappa shape index (κ1) is 15.4. The van der Waals surface area contributed by atoms with Gasteiger partial charge in [-0.25, -0.2) is 4.79 Å². The van der Waals surface area contributed by atoms with E-state index < -0.39 is 17.9 Å². The van der Waals surface area contributed by atoms with Crippen LogP contribution in [0.4, 0.5) is 0 Å². The van der Waals surface area contributed by atoms with Crippen molar-refractivity contribution in [3.05, 3.63) is 0 Å². The zero-order valence-electron chi connectivity index (χ0n) is 9.86. The summed E-state index contributed by atoms with van der Waals surface area (Å²) in [5.74, 6) is -2.11. The van der Waals surface area contributed by atoms with Crippen LogP contribution in [0.15, 0.2) is 0 Å². The fourth-order valence-electron chi connectivity index (χ4n) is 1.19. The summed E-state index contributed by atoms with van der Waals surface area (Å²) in [5, 5.41) is 14.1. The normalized spacial score (nSPS) is 11.8. The minimum absolute atomic E-state index is 0.0115. The molecule has 0 aliphatic rings. The molecular formula is C10H19N3O4. The number of nitrogens with one attached hydrogen (secondary N) is 2. The zero-order valence-corrected chi connectivity index (χ0v) is 9.86. The average molecular weight is 245 g/mol. The first-order chi connectivity index (χ1) is 7.97. The van der Waals surface area contributed by atoms with Gasteiger partial charge in [0.1, 0.15) is 6.04 Å². The van der Waals surface area contributed by atoms with Gasteiger partial charge in [-0.2, -0.15) is 0 Å². The molecule has 0 bridgehead atoms. The summed E-state index contributed by atoms with van der Waals surface area (Å²) in [6.07, 6.45) is 0.149. The maximum absolute atomic E-state index is 11.3.